The van der Waals surface area contributed by atoms with E-state index < -0.39 is 0 Å². The van der Waals surface area contributed by atoms with Gasteiger partial charge in [0.25, 0.3) is 0 Å². The molecule has 2 rings (SSSR count). The Balaban J connectivity index is 2.67. The Kier molecular flexibility index (Phi) is 1.67. The highest BCUT2D eigenvalue weighted by Crippen LogP contribution is 2.16. The number of fused-ring (bicyclic) bond motifs is 1. The lowest BCUT2D eigenvalue weighted by Gasteiger charge is -1.99. The molecule has 0 aliphatic carbocycles. The fourth-order valence-electron chi connectivity index (χ4n) is 1.10. The van der Waals surface area contributed by atoms with Crippen LogP contribution in [0.4, 0.5) is 0 Å². The van der Waals surface area contributed by atoms with Crippen molar-refractivity contribution in [3.63, 3.8) is 0 Å². The topological polar surface area (TPSA) is 22.1 Å². The highest BCUT2D eigenvalue weighted by molar-refractivity contribution is 5.78. The Hall–Kier alpha value is -1.57. The number of benzene rings is 1. The van der Waals surface area contributed by atoms with Crippen molar-refractivity contribution in [3.8, 4) is 5.75 Å². The van der Waals surface area contributed by atoms with Gasteiger partial charge in [-0.1, -0.05) is 18.2 Å². The van der Waals surface area contributed by atoms with Gasteiger partial charge >= 0.3 is 0 Å². The van der Waals surface area contributed by atoms with Gasteiger partial charge in [0, 0.05) is 11.5 Å². The van der Waals surface area contributed by atoms with E-state index in [4.69, 9.17) is 4.74 Å². The zero-order valence-electron chi connectivity index (χ0n) is 6.74. The van der Waals surface area contributed by atoms with Crippen molar-refractivity contribution in [2.45, 2.75) is 0 Å². The highest BCUT2D eigenvalue weighted by Gasteiger charge is 1.95. The molecule has 2 aromatic rings. The van der Waals surface area contributed by atoms with Gasteiger partial charge in [-0.05, 0) is 6.07 Å². The molecule has 0 aliphatic rings. The van der Waals surface area contributed by atoms with Crippen molar-refractivity contribution in [3.05, 3.63) is 36.5 Å². The number of hydrogen-bond donors (Lipinski definition) is 0. The maximum atomic E-state index is 5.05. The molecule has 12 heavy (non-hydrogen) atoms. The molecule has 0 amide bonds. The molecule has 1 aromatic carbocycles. The average Bonchev–Trinajstić information content (AvgIpc) is 2.17. The second-order valence-corrected chi connectivity index (χ2v) is 2.48. The van der Waals surface area contributed by atoms with E-state index in [2.05, 4.69) is 11.1 Å². The SMILES string of the molecule is COc1cnc2[c]cccc2c1. The van der Waals surface area contributed by atoms with Crippen molar-refractivity contribution in [2.24, 2.45) is 0 Å². The van der Waals surface area contributed by atoms with E-state index in [9.17, 15) is 0 Å². The summed E-state index contributed by atoms with van der Waals surface area (Å²) in [5.41, 5.74) is 0.873. The number of methoxy groups -OCH3 is 1. The fraction of sp³-hybridized carbons (Fsp3) is 0.100. The quantitative estimate of drug-likeness (QED) is 0.633. The van der Waals surface area contributed by atoms with Crippen molar-refractivity contribution in [2.75, 3.05) is 7.11 Å². The fourth-order valence-corrected chi connectivity index (χ4v) is 1.10. The number of rotatable bonds is 1. The van der Waals surface area contributed by atoms with Crippen molar-refractivity contribution >= 4 is 10.9 Å². The lowest BCUT2D eigenvalue weighted by molar-refractivity contribution is 0.414. The summed E-state index contributed by atoms with van der Waals surface area (Å²) >= 11 is 0. The van der Waals surface area contributed by atoms with Crippen LogP contribution in [-0.2, 0) is 0 Å². The molecule has 0 spiro atoms. The average molecular weight is 158 g/mol. The molecular formula is C10H8NO. The molecule has 1 heterocycles. The predicted octanol–water partition coefficient (Wildman–Crippen LogP) is 2.04. The number of nitrogens with zero attached hydrogens (tertiary/aromatic N) is 1. The Labute approximate surface area is 70.8 Å². The van der Waals surface area contributed by atoms with Crippen LogP contribution in [0.15, 0.2) is 30.5 Å². The minimum atomic E-state index is 0.780. The molecule has 0 unspecified atom stereocenters. The summed E-state index contributed by atoms with van der Waals surface area (Å²) in [6, 6.07) is 10.7. The first kappa shape index (κ1) is 7.10. The van der Waals surface area contributed by atoms with Crippen LogP contribution in [0.3, 0.4) is 0 Å². The molecule has 0 saturated heterocycles. The first-order chi connectivity index (χ1) is 5.90. The van der Waals surface area contributed by atoms with E-state index >= 15 is 0 Å². The van der Waals surface area contributed by atoms with Crippen LogP contribution in [0.1, 0.15) is 0 Å². The summed E-state index contributed by atoms with van der Waals surface area (Å²) in [6.07, 6.45) is 1.69. The molecule has 0 aliphatic heterocycles. The predicted molar refractivity (Wildman–Crippen MR) is 47.1 cm³/mol. The van der Waals surface area contributed by atoms with Gasteiger partial charge < -0.3 is 4.74 Å². The molecule has 0 fully saturated rings. The number of ether oxygens (including phenoxy) is 1. The van der Waals surface area contributed by atoms with Crippen molar-refractivity contribution in [1.82, 2.24) is 4.98 Å². The monoisotopic (exact) mass is 158 g/mol. The summed E-state index contributed by atoms with van der Waals surface area (Å²) in [5.74, 6) is 0.780. The number of aromatic nitrogens is 1. The van der Waals surface area contributed by atoms with Gasteiger partial charge in [0.15, 0.2) is 0 Å². The Morgan fingerprint density at radius 1 is 1.50 bits per heavy atom. The van der Waals surface area contributed by atoms with Crippen LogP contribution in [0.5, 0.6) is 5.75 Å². The van der Waals surface area contributed by atoms with Gasteiger partial charge in [0.1, 0.15) is 5.75 Å². The minimum Gasteiger partial charge on any atom is -0.495 e. The first-order valence-electron chi connectivity index (χ1n) is 3.70. The molecule has 0 N–H and O–H groups in total. The third-order valence-corrected chi connectivity index (χ3v) is 1.72. The second kappa shape index (κ2) is 2.81. The molecule has 0 saturated carbocycles. The smallest absolute Gasteiger partial charge is 0.137 e. The van der Waals surface area contributed by atoms with Crippen LogP contribution in [0.25, 0.3) is 10.9 Å². The van der Waals surface area contributed by atoms with E-state index in [1.54, 1.807) is 13.3 Å². The molecule has 1 radical (unpaired) electrons. The van der Waals surface area contributed by atoms with Crippen molar-refractivity contribution < 1.29 is 4.74 Å². The van der Waals surface area contributed by atoms with Crippen LogP contribution < -0.4 is 4.74 Å². The Bertz CT molecular complexity index is 398. The second-order valence-electron chi connectivity index (χ2n) is 2.48. The van der Waals surface area contributed by atoms with Crippen LogP contribution in [0, 0.1) is 6.07 Å². The molecule has 1 aromatic heterocycles. The Morgan fingerprint density at radius 2 is 2.42 bits per heavy atom. The summed E-state index contributed by atoms with van der Waals surface area (Å²) in [4.78, 5) is 4.17. The number of hydrogen-bond acceptors (Lipinski definition) is 2. The third-order valence-electron chi connectivity index (χ3n) is 1.72. The third kappa shape index (κ3) is 1.11. The van der Waals surface area contributed by atoms with Gasteiger partial charge in [-0.25, -0.2) is 0 Å². The lowest BCUT2D eigenvalue weighted by Crippen LogP contribution is -1.84. The maximum absolute atomic E-state index is 5.05. The van der Waals surface area contributed by atoms with E-state index in [0.717, 1.165) is 16.7 Å². The molecule has 2 heteroatoms. The van der Waals surface area contributed by atoms with Crippen molar-refractivity contribution in [1.29, 1.82) is 0 Å². The van der Waals surface area contributed by atoms with E-state index in [-0.39, 0.29) is 0 Å². The largest absolute Gasteiger partial charge is 0.495 e. The van der Waals surface area contributed by atoms with Gasteiger partial charge in [-0.3, -0.25) is 4.98 Å². The number of pyridine rings is 1. The maximum Gasteiger partial charge on any atom is 0.137 e. The number of para-hydroxylation sites is 1. The molecule has 59 valence electrons. The van der Waals surface area contributed by atoms with Gasteiger partial charge in [-0.2, -0.15) is 0 Å². The minimum absolute atomic E-state index is 0.780. The zero-order valence-corrected chi connectivity index (χ0v) is 6.74. The molecule has 0 atom stereocenters. The molecular weight excluding hydrogens is 150 g/mol. The summed E-state index contributed by atoms with van der Waals surface area (Å²) < 4.78 is 5.05. The van der Waals surface area contributed by atoms with Gasteiger partial charge in [0.2, 0.25) is 0 Å². The van der Waals surface area contributed by atoms with Crippen LogP contribution in [-0.4, -0.2) is 12.1 Å². The summed E-state index contributed by atoms with van der Waals surface area (Å²) in [5, 5.41) is 1.05. The van der Waals surface area contributed by atoms with E-state index in [1.165, 1.54) is 0 Å². The van der Waals surface area contributed by atoms with Gasteiger partial charge in [0.05, 0.1) is 18.8 Å². The summed E-state index contributed by atoms with van der Waals surface area (Å²) in [6.45, 7) is 0. The normalized spacial score (nSPS) is 10.1. The highest BCUT2D eigenvalue weighted by atomic mass is 16.5. The zero-order chi connectivity index (χ0) is 8.39. The van der Waals surface area contributed by atoms with E-state index in [1.807, 2.05) is 24.3 Å². The van der Waals surface area contributed by atoms with Crippen LogP contribution in [0.2, 0.25) is 0 Å². The first-order valence-corrected chi connectivity index (χ1v) is 3.70. The standard InChI is InChI=1S/C10H8NO/c1-12-9-6-8-4-2-3-5-10(8)11-7-9/h2-4,6-7H,1H3. The summed E-state index contributed by atoms with van der Waals surface area (Å²) in [7, 11) is 1.63. The van der Waals surface area contributed by atoms with Crippen LogP contribution >= 0.6 is 0 Å². The van der Waals surface area contributed by atoms with Gasteiger partial charge in [-0.15, -0.1) is 0 Å². The Morgan fingerprint density at radius 3 is 3.25 bits per heavy atom. The molecule has 2 nitrogen and oxygen atoms in total. The lowest BCUT2D eigenvalue weighted by atomic mass is 10.2. The van der Waals surface area contributed by atoms with E-state index in [0.29, 0.717) is 0 Å². The molecule has 0 bridgehead atoms.